The highest BCUT2D eigenvalue weighted by atomic mass is 16.5. The maximum atomic E-state index is 9.45. The lowest BCUT2D eigenvalue weighted by Crippen LogP contribution is -2.43. The summed E-state index contributed by atoms with van der Waals surface area (Å²) in [4.78, 5) is 0. The van der Waals surface area contributed by atoms with Gasteiger partial charge in [-0.15, -0.1) is 0 Å². The van der Waals surface area contributed by atoms with Crippen molar-refractivity contribution in [3.63, 3.8) is 0 Å². The van der Waals surface area contributed by atoms with Gasteiger partial charge in [-0.2, -0.15) is 5.26 Å². The van der Waals surface area contributed by atoms with Crippen LogP contribution in [0.4, 0.5) is 0 Å². The van der Waals surface area contributed by atoms with Gasteiger partial charge in [0.2, 0.25) is 0 Å². The number of nitriles is 1. The molecule has 1 aromatic rings. The minimum Gasteiger partial charge on any atom is -0.490 e. The average Bonchev–Trinajstić information content (AvgIpc) is 3.13. The molecular weight excluding hydrogens is 236 g/mol. The van der Waals surface area contributed by atoms with Crippen molar-refractivity contribution < 1.29 is 4.74 Å². The first kappa shape index (κ1) is 12.5. The summed E-state index contributed by atoms with van der Waals surface area (Å²) in [6.07, 6.45) is 5.25. The molecule has 0 aliphatic heterocycles. The maximum Gasteiger partial charge on any atom is 0.119 e. The molecule has 2 fully saturated rings. The van der Waals surface area contributed by atoms with Crippen molar-refractivity contribution in [2.45, 2.75) is 56.7 Å². The third kappa shape index (κ3) is 2.90. The van der Waals surface area contributed by atoms with Crippen molar-refractivity contribution in [3.8, 4) is 11.8 Å². The summed E-state index contributed by atoms with van der Waals surface area (Å²) in [7, 11) is 0. The monoisotopic (exact) mass is 256 g/mol. The fourth-order valence-electron chi connectivity index (χ4n) is 2.79. The molecule has 2 aliphatic carbocycles. The topological polar surface area (TPSA) is 45.0 Å². The summed E-state index contributed by atoms with van der Waals surface area (Å²) in [6.45, 7) is 2.07. The number of aryl methyl sites for hydroxylation is 1. The van der Waals surface area contributed by atoms with Crippen LogP contribution in [0.1, 0.15) is 37.7 Å². The first-order valence-corrected chi connectivity index (χ1v) is 7.11. The van der Waals surface area contributed by atoms with Crippen LogP contribution in [-0.2, 0) is 0 Å². The number of nitrogens with one attached hydrogen (secondary N) is 1. The number of hydrogen-bond acceptors (Lipinski definition) is 3. The number of nitrogens with zero attached hydrogens (tertiary/aromatic N) is 1. The zero-order chi connectivity index (χ0) is 13.3. The predicted octanol–water partition coefficient (Wildman–Crippen LogP) is 2.94. The van der Waals surface area contributed by atoms with Crippen LogP contribution < -0.4 is 10.1 Å². The van der Waals surface area contributed by atoms with Crippen LogP contribution in [0.15, 0.2) is 24.3 Å². The van der Waals surface area contributed by atoms with E-state index in [1.807, 2.05) is 12.1 Å². The fourth-order valence-corrected chi connectivity index (χ4v) is 2.79. The van der Waals surface area contributed by atoms with Gasteiger partial charge in [-0.1, -0.05) is 17.7 Å². The first-order chi connectivity index (χ1) is 9.19. The molecule has 2 atom stereocenters. The van der Waals surface area contributed by atoms with E-state index in [-0.39, 0.29) is 11.6 Å². The molecule has 0 radical (unpaired) electrons. The lowest BCUT2D eigenvalue weighted by molar-refractivity contribution is 0.200. The van der Waals surface area contributed by atoms with Crippen LogP contribution in [0.5, 0.6) is 5.75 Å². The molecule has 0 saturated heterocycles. The predicted molar refractivity (Wildman–Crippen MR) is 73.9 cm³/mol. The highest BCUT2D eigenvalue weighted by Crippen LogP contribution is 2.35. The molecule has 2 unspecified atom stereocenters. The third-order valence-corrected chi connectivity index (χ3v) is 4.06. The molecule has 3 nitrogen and oxygen atoms in total. The number of benzene rings is 1. The second-order valence-electron chi connectivity index (χ2n) is 5.91. The van der Waals surface area contributed by atoms with Crippen LogP contribution >= 0.6 is 0 Å². The second kappa shape index (κ2) is 4.86. The van der Waals surface area contributed by atoms with Gasteiger partial charge >= 0.3 is 0 Å². The molecule has 19 heavy (non-hydrogen) atoms. The summed E-state index contributed by atoms with van der Waals surface area (Å²) in [5, 5.41) is 12.9. The molecule has 3 rings (SSSR count). The highest BCUT2D eigenvalue weighted by molar-refractivity contribution is 5.27. The zero-order valence-corrected chi connectivity index (χ0v) is 11.4. The van der Waals surface area contributed by atoms with E-state index >= 15 is 0 Å². The normalized spacial score (nSPS) is 30.0. The Bertz CT molecular complexity index is 486. The quantitative estimate of drug-likeness (QED) is 0.900. The number of hydrogen-bond donors (Lipinski definition) is 1. The minimum atomic E-state index is -0.351. The molecule has 0 amide bonds. The van der Waals surface area contributed by atoms with Gasteiger partial charge in [0.1, 0.15) is 17.4 Å². The van der Waals surface area contributed by atoms with Gasteiger partial charge in [0.25, 0.3) is 0 Å². The van der Waals surface area contributed by atoms with E-state index < -0.39 is 0 Å². The molecule has 0 aromatic heterocycles. The molecule has 0 heterocycles. The molecule has 1 aromatic carbocycles. The van der Waals surface area contributed by atoms with Gasteiger partial charge in [0.05, 0.1) is 6.07 Å². The molecule has 3 heteroatoms. The Kier molecular flexibility index (Phi) is 3.20. The number of rotatable bonds is 4. The van der Waals surface area contributed by atoms with Crippen molar-refractivity contribution in [2.24, 2.45) is 0 Å². The Hall–Kier alpha value is -1.53. The Balaban J connectivity index is 1.61. The SMILES string of the molecule is Cc1ccc(OC2CCC(C#N)(NC3CC3)C2)cc1. The van der Waals surface area contributed by atoms with Crippen LogP contribution in [0.25, 0.3) is 0 Å². The van der Waals surface area contributed by atoms with Gasteiger partial charge in [0.15, 0.2) is 0 Å². The Morgan fingerprint density at radius 1 is 1.26 bits per heavy atom. The van der Waals surface area contributed by atoms with Crippen molar-refractivity contribution in [3.05, 3.63) is 29.8 Å². The first-order valence-electron chi connectivity index (χ1n) is 7.11. The van der Waals surface area contributed by atoms with Crippen molar-refractivity contribution in [1.82, 2.24) is 5.32 Å². The molecule has 2 saturated carbocycles. The summed E-state index contributed by atoms with van der Waals surface area (Å²) in [6, 6.07) is 11.2. The average molecular weight is 256 g/mol. The molecular formula is C16H20N2O. The summed E-state index contributed by atoms with van der Waals surface area (Å²) >= 11 is 0. The van der Waals surface area contributed by atoms with Crippen molar-refractivity contribution in [2.75, 3.05) is 0 Å². The van der Waals surface area contributed by atoms with Crippen LogP contribution in [0.2, 0.25) is 0 Å². The molecule has 1 N–H and O–H groups in total. The van der Waals surface area contributed by atoms with Crippen LogP contribution in [0, 0.1) is 18.3 Å². The minimum absolute atomic E-state index is 0.161. The summed E-state index contributed by atoms with van der Waals surface area (Å²) in [5.74, 6) is 0.913. The largest absolute Gasteiger partial charge is 0.490 e. The van der Waals surface area contributed by atoms with E-state index in [0.29, 0.717) is 6.04 Å². The number of ether oxygens (including phenoxy) is 1. The van der Waals surface area contributed by atoms with Gasteiger partial charge in [-0.05, 0) is 44.7 Å². The lowest BCUT2D eigenvalue weighted by atomic mass is 9.99. The summed E-state index contributed by atoms with van der Waals surface area (Å²) in [5.41, 5.74) is 0.886. The summed E-state index contributed by atoms with van der Waals surface area (Å²) < 4.78 is 6.00. The van der Waals surface area contributed by atoms with E-state index in [1.54, 1.807) is 0 Å². The maximum absolute atomic E-state index is 9.45. The molecule has 2 aliphatic rings. The van der Waals surface area contributed by atoms with E-state index in [4.69, 9.17) is 4.74 Å². The van der Waals surface area contributed by atoms with Crippen molar-refractivity contribution in [1.29, 1.82) is 5.26 Å². The highest BCUT2D eigenvalue weighted by Gasteiger charge is 2.43. The smallest absolute Gasteiger partial charge is 0.119 e. The fraction of sp³-hybridized carbons (Fsp3) is 0.562. The van der Waals surface area contributed by atoms with Gasteiger partial charge < -0.3 is 4.74 Å². The third-order valence-electron chi connectivity index (χ3n) is 4.06. The van der Waals surface area contributed by atoms with Crippen LogP contribution in [0.3, 0.4) is 0 Å². The van der Waals surface area contributed by atoms with Crippen LogP contribution in [-0.4, -0.2) is 17.7 Å². The lowest BCUT2D eigenvalue weighted by Gasteiger charge is -2.22. The Labute approximate surface area is 114 Å². The van der Waals surface area contributed by atoms with Gasteiger partial charge in [0, 0.05) is 12.5 Å². The van der Waals surface area contributed by atoms with E-state index in [2.05, 4.69) is 30.4 Å². The van der Waals surface area contributed by atoms with Crippen molar-refractivity contribution >= 4 is 0 Å². The van der Waals surface area contributed by atoms with E-state index in [1.165, 1.54) is 18.4 Å². The second-order valence-corrected chi connectivity index (χ2v) is 5.91. The molecule has 0 bridgehead atoms. The Morgan fingerprint density at radius 3 is 2.63 bits per heavy atom. The van der Waals surface area contributed by atoms with E-state index in [0.717, 1.165) is 25.0 Å². The molecule has 100 valence electrons. The zero-order valence-electron chi connectivity index (χ0n) is 11.4. The standard InChI is InChI=1S/C16H20N2O/c1-12-2-6-14(7-3-12)19-15-8-9-16(10-15,11-17)18-13-4-5-13/h2-3,6-7,13,15,18H,4-5,8-10H2,1H3. The van der Waals surface area contributed by atoms with Gasteiger partial charge in [-0.25, -0.2) is 0 Å². The van der Waals surface area contributed by atoms with E-state index in [9.17, 15) is 5.26 Å². The molecule has 0 spiro atoms. The Morgan fingerprint density at radius 2 is 2.00 bits per heavy atom. The van der Waals surface area contributed by atoms with Gasteiger partial charge in [-0.3, -0.25) is 5.32 Å².